The zero-order valence-electron chi connectivity index (χ0n) is 16.9. The van der Waals surface area contributed by atoms with Gasteiger partial charge in [-0.25, -0.2) is 0 Å². The Balaban J connectivity index is 1.45. The fourth-order valence-electron chi connectivity index (χ4n) is 4.40. The van der Waals surface area contributed by atoms with E-state index in [9.17, 15) is 0 Å². The van der Waals surface area contributed by atoms with Crippen molar-refractivity contribution in [2.45, 2.75) is 104 Å². The summed E-state index contributed by atoms with van der Waals surface area (Å²) in [5.74, 6) is 1.75. The smallest absolute Gasteiger partial charge is 0.0420 e. The molecule has 0 amide bonds. The normalized spacial score (nSPS) is 21.3. The van der Waals surface area contributed by atoms with Crippen molar-refractivity contribution in [2.75, 3.05) is 6.54 Å². The van der Waals surface area contributed by atoms with E-state index in [4.69, 9.17) is 4.99 Å². The molecule has 0 saturated heterocycles. The predicted molar refractivity (Wildman–Crippen MR) is 112 cm³/mol. The number of nitrogens with zero attached hydrogens (tertiary/aromatic N) is 1. The van der Waals surface area contributed by atoms with Gasteiger partial charge in [0.05, 0.1) is 0 Å². The fraction of sp³-hybridized carbons (Fsp3) is 0.792. The molecule has 25 heavy (non-hydrogen) atoms. The Bertz CT molecular complexity index is 443. The summed E-state index contributed by atoms with van der Waals surface area (Å²) in [7, 11) is 0. The quantitative estimate of drug-likeness (QED) is 0.304. The highest BCUT2D eigenvalue weighted by Gasteiger charge is 2.20. The van der Waals surface area contributed by atoms with Crippen molar-refractivity contribution in [3.8, 4) is 0 Å². The van der Waals surface area contributed by atoms with Crippen LogP contribution < -0.4 is 0 Å². The molecule has 0 saturated carbocycles. The van der Waals surface area contributed by atoms with Gasteiger partial charge in [-0.2, -0.15) is 0 Å². The lowest BCUT2D eigenvalue weighted by Crippen LogP contribution is -2.08. The van der Waals surface area contributed by atoms with Crippen molar-refractivity contribution in [1.29, 1.82) is 0 Å². The molecule has 0 spiro atoms. The van der Waals surface area contributed by atoms with E-state index in [-0.39, 0.29) is 0 Å². The van der Waals surface area contributed by atoms with E-state index in [2.05, 4.69) is 32.1 Å². The van der Waals surface area contributed by atoms with E-state index >= 15 is 0 Å². The molecule has 1 heteroatoms. The molecular weight excluding hydrogens is 302 g/mol. The minimum atomic E-state index is 0.867. The van der Waals surface area contributed by atoms with Gasteiger partial charge in [-0.3, -0.25) is 4.99 Å². The van der Waals surface area contributed by atoms with Crippen LogP contribution in [0.2, 0.25) is 0 Å². The number of rotatable bonds is 13. The van der Waals surface area contributed by atoms with Crippen molar-refractivity contribution in [1.82, 2.24) is 0 Å². The zero-order valence-corrected chi connectivity index (χ0v) is 16.9. The van der Waals surface area contributed by atoms with Gasteiger partial charge in [-0.05, 0) is 56.8 Å². The molecule has 2 rings (SSSR count). The molecule has 2 aliphatic rings. The van der Waals surface area contributed by atoms with Crippen LogP contribution in [0.5, 0.6) is 0 Å². The molecular formula is C24H41N. The predicted octanol–water partition coefficient (Wildman–Crippen LogP) is 7.67. The van der Waals surface area contributed by atoms with Crippen molar-refractivity contribution in [3.05, 3.63) is 23.8 Å². The van der Waals surface area contributed by atoms with Crippen LogP contribution in [-0.4, -0.2) is 12.3 Å². The molecule has 1 aliphatic heterocycles. The maximum absolute atomic E-state index is 4.87. The van der Waals surface area contributed by atoms with Crippen LogP contribution >= 0.6 is 0 Å². The van der Waals surface area contributed by atoms with Crippen LogP contribution in [0.15, 0.2) is 28.8 Å². The average Bonchev–Trinajstić information content (AvgIpc) is 3.08. The Kier molecular flexibility index (Phi) is 10.2. The van der Waals surface area contributed by atoms with Crippen molar-refractivity contribution >= 4 is 5.71 Å². The summed E-state index contributed by atoms with van der Waals surface area (Å²) < 4.78 is 0. The molecule has 1 heterocycles. The minimum Gasteiger partial charge on any atom is -0.294 e. The van der Waals surface area contributed by atoms with Gasteiger partial charge in [0.1, 0.15) is 0 Å². The lowest BCUT2D eigenvalue weighted by molar-refractivity contribution is 0.470. The maximum atomic E-state index is 4.87. The Labute approximate surface area is 157 Å². The number of allylic oxidation sites excluding steroid dienone is 4. The second-order valence-electron chi connectivity index (χ2n) is 8.31. The van der Waals surface area contributed by atoms with Crippen LogP contribution in [0.1, 0.15) is 104 Å². The molecule has 0 bridgehead atoms. The molecule has 0 aromatic heterocycles. The highest BCUT2D eigenvalue weighted by molar-refractivity contribution is 5.86. The second kappa shape index (κ2) is 12.5. The van der Waals surface area contributed by atoms with Crippen molar-refractivity contribution < 1.29 is 0 Å². The van der Waals surface area contributed by atoms with Gasteiger partial charge in [-0.15, -0.1) is 0 Å². The van der Waals surface area contributed by atoms with Gasteiger partial charge >= 0.3 is 0 Å². The zero-order chi connectivity index (χ0) is 17.7. The third-order valence-electron chi connectivity index (χ3n) is 6.05. The van der Waals surface area contributed by atoms with Crippen LogP contribution in [0, 0.1) is 11.8 Å². The standard InChI is InChI=1S/C24H41N/c1-3-13-21(4-2)18-24-19-23(20-25-24)17-10-7-5-6-9-14-22-15-11-8-12-16-22/h11,15-16,21,23H,3-10,12-14,17-20H2,1-2H3. The molecule has 1 aliphatic carbocycles. The van der Waals surface area contributed by atoms with Crippen molar-refractivity contribution in [2.24, 2.45) is 16.8 Å². The Morgan fingerprint density at radius 1 is 1.08 bits per heavy atom. The van der Waals surface area contributed by atoms with Crippen LogP contribution in [-0.2, 0) is 0 Å². The lowest BCUT2D eigenvalue weighted by Gasteiger charge is -2.14. The highest BCUT2D eigenvalue weighted by atomic mass is 14.8. The Morgan fingerprint density at radius 3 is 2.68 bits per heavy atom. The summed E-state index contributed by atoms with van der Waals surface area (Å²) in [5.41, 5.74) is 3.12. The fourth-order valence-corrected chi connectivity index (χ4v) is 4.40. The first-order valence-electron chi connectivity index (χ1n) is 11.2. The monoisotopic (exact) mass is 343 g/mol. The molecule has 0 aromatic carbocycles. The van der Waals surface area contributed by atoms with E-state index in [0.717, 1.165) is 18.4 Å². The van der Waals surface area contributed by atoms with Crippen LogP contribution in [0.3, 0.4) is 0 Å². The average molecular weight is 344 g/mol. The van der Waals surface area contributed by atoms with Gasteiger partial charge in [0.2, 0.25) is 0 Å². The number of hydrogen-bond donors (Lipinski definition) is 0. The topological polar surface area (TPSA) is 12.4 Å². The third kappa shape index (κ3) is 8.38. The summed E-state index contributed by atoms with van der Waals surface area (Å²) in [5, 5.41) is 0. The van der Waals surface area contributed by atoms with Gasteiger partial charge in [0.15, 0.2) is 0 Å². The van der Waals surface area contributed by atoms with Crippen LogP contribution in [0.4, 0.5) is 0 Å². The first-order chi connectivity index (χ1) is 12.3. The van der Waals surface area contributed by atoms with Crippen LogP contribution in [0.25, 0.3) is 0 Å². The van der Waals surface area contributed by atoms with Gasteiger partial charge in [-0.1, -0.05) is 82.6 Å². The first kappa shape index (κ1) is 20.5. The number of hydrogen-bond acceptors (Lipinski definition) is 1. The molecule has 1 nitrogen and oxygen atoms in total. The molecule has 142 valence electrons. The summed E-state index contributed by atoms with van der Waals surface area (Å²) in [4.78, 5) is 4.87. The van der Waals surface area contributed by atoms with E-state index in [1.54, 1.807) is 11.3 Å². The summed E-state index contributed by atoms with van der Waals surface area (Å²) in [6.07, 6.45) is 26.0. The van der Waals surface area contributed by atoms with Gasteiger partial charge in [0.25, 0.3) is 0 Å². The molecule has 0 fully saturated rings. The summed E-state index contributed by atoms with van der Waals surface area (Å²) >= 11 is 0. The van der Waals surface area contributed by atoms with E-state index in [1.165, 1.54) is 89.9 Å². The SMILES string of the molecule is CCCC(CC)CC1=NCC(CCCCCCCC2=CCCC=C2)C1. The lowest BCUT2D eigenvalue weighted by atomic mass is 9.90. The Hall–Kier alpha value is -0.850. The number of unbranched alkanes of at least 4 members (excludes halogenated alkanes) is 4. The molecule has 2 atom stereocenters. The molecule has 0 aromatic rings. The van der Waals surface area contributed by atoms with E-state index < -0.39 is 0 Å². The van der Waals surface area contributed by atoms with E-state index in [1.807, 2.05) is 0 Å². The van der Waals surface area contributed by atoms with E-state index in [0.29, 0.717) is 0 Å². The largest absolute Gasteiger partial charge is 0.294 e. The molecule has 0 radical (unpaired) electrons. The third-order valence-corrected chi connectivity index (χ3v) is 6.05. The minimum absolute atomic E-state index is 0.867. The molecule has 2 unspecified atom stereocenters. The number of aliphatic imine (C=N–C) groups is 1. The first-order valence-corrected chi connectivity index (χ1v) is 11.2. The maximum Gasteiger partial charge on any atom is 0.0420 e. The Morgan fingerprint density at radius 2 is 1.92 bits per heavy atom. The summed E-state index contributed by atoms with van der Waals surface area (Å²) in [6, 6.07) is 0. The highest BCUT2D eigenvalue weighted by Crippen LogP contribution is 2.26. The van der Waals surface area contributed by atoms with Crippen molar-refractivity contribution in [3.63, 3.8) is 0 Å². The summed E-state index contributed by atoms with van der Waals surface area (Å²) in [6.45, 7) is 5.78. The second-order valence-corrected chi connectivity index (χ2v) is 8.31. The van der Waals surface area contributed by atoms with Gasteiger partial charge < -0.3 is 0 Å². The van der Waals surface area contributed by atoms with Gasteiger partial charge in [0, 0.05) is 12.3 Å². The molecule has 0 N–H and O–H groups in total.